The number of para-hydroxylation sites is 1. The Labute approximate surface area is 162 Å². The zero-order valence-electron chi connectivity index (χ0n) is 16.2. The molecule has 2 rings (SSSR count). The van der Waals surface area contributed by atoms with Crippen LogP contribution in [0.25, 0.3) is 0 Å². The molecule has 5 nitrogen and oxygen atoms in total. The molecule has 0 radical (unpaired) electrons. The third-order valence-electron chi connectivity index (χ3n) is 4.42. The van der Waals surface area contributed by atoms with Gasteiger partial charge in [-0.25, -0.2) is 0 Å². The van der Waals surface area contributed by atoms with Crippen molar-refractivity contribution in [1.29, 1.82) is 0 Å². The van der Waals surface area contributed by atoms with Gasteiger partial charge >= 0.3 is 0 Å². The maximum absolute atomic E-state index is 12.4. The Morgan fingerprint density at radius 1 is 0.852 bits per heavy atom. The first-order valence-electron chi connectivity index (χ1n) is 9.57. The van der Waals surface area contributed by atoms with E-state index in [0.29, 0.717) is 38.9 Å². The van der Waals surface area contributed by atoms with Gasteiger partial charge in [0.2, 0.25) is 11.8 Å². The number of carbonyl (C=O) groups is 2. The normalized spacial score (nSPS) is 10.3. The van der Waals surface area contributed by atoms with Crippen LogP contribution in [0.4, 0.5) is 5.69 Å². The van der Waals surface area contributed by atoms with Crippen LogP contribution in [0, 0.1) is 0 Å². The first kappa shape index (κ1) is 20.5. The molecule has 2 aromatic carbocycles. The Balaban J connectivity index is 1.92. The van der Waals surface area contributed by atoms with Crippen LogP contribution in [0.15, 0.2) is 60.7 Å². The lowest BCUT2D eigenvalue weighted by atomic mass is 10.2. The van der Waals surface area contributed by atoms with Gasteiger partial charge in [-0.15, -0.1) is 0 Å². The molecule has 2 amide bonds. The topological polar surface area (TPSA) is 52.7 Å². The highest BCUT2D eigenvalue weighted by molar-refractivity contribution is 5.80. The maximum atomic E-state index is 12.4. The van der Waals surface area contributed by atoms with Crippen LogP contribution in [-0.4, -0.2) is 29.8 Å². The van der Waals surface area contributed by atoms with E-state index < -0.39 is 0 Å². The fraction of sp³-hybridized carbons (Fsp3) is 0.364. The van der Waals surface area contributed by atoms with E-state index in [1.165, 1.54) is 0 Å². The van der Waals surface area contributed by atoms with Gasteiger partial charge in [0.1, 0.15) is 0 Å². The van der Waals surface area contributed by atoms with E-state index in [1.54, 1.807) is 4.90 Å². The Kier molecular flexibility index (Phi) is 8.36. The van der Waals surface area contributed by atoms with Gasteiger partial charge in [0.05, 0.1) is 12.2 Å². The van der Waals surface area contributed by atoms with Crippen molar-refractivity contribution < 1.29 is 9.59 Å². The quantitative estimate of drug-likeness (QED) is 0.651. The zero-order chi connectivity index (χ0) is 19.5. The van der Waals surface area contributed by atoms with Crippen molar-refractivity contribution in [2.24, 2.45) is 0 Å². The number of nitrogens with one attached hydrogen (secondary N) is 1. The molecule has 0 saturated carbocycles. The summed E-state index contributed by atoms with van der Waals surface area (Å²) in [6, 6.07) is 19.8. The van der Waals surface area contributed by atoms with Crippen molar-refractivity contribution in [3.8, 4) is 0 Å². The lowest BCUT2D eigenvalue weighted by Crippen LogP contribution is -2.42. The number of benzene rings is 2. The van der Waals surface area contributed by atoms with Crippen molar-refractivity contribution in [1.82, 2.24) is 10.3 Å². The van der Waals surface area contributed by atoms with Gasteiger partial charge in [0.25, 0.3) is 0 Å². The van der Waals surface area contributed by atoms with Crippen LogP contribution in [-0.2, 0) is 16.1 Å². The minimum absolute atomic E-state index is 0.0814. The predicted octanol–water partition coefficient (Wildman–Crippen LogP) is 3.76. The lowest BCUT2D eigenvalue weighted by Gasteiger charge is -2.25. The van der Waals surface area contributed by atoms with Gasteiger partial charge in [-0.3, -0.25) is 20.0 Å². The minimum atomic E-state index is -0.0814. The van der Waals surface area contributed by atoms with Crippen LogP contribution in [0.2, 0.25) is 0 Å². The number of hydrogen-bond donors (Lipinski definition) is 1. The summed E-state index contributed by atoms with van der Waals surface area (Å²) in [6.07, 6.45) is 1.28. The molecular formula is C22H29N3O2. The second kappa shape index (κ2) is 11.0. The Hall–Kier alpha value is -2.82. The second-order valence-corrected chi connectivity index (χ2v) is 6.36. The standard InChI is InChI=1S/C22H29N3O2/c1-3-24(4-2)22(27)17-11-16-21(26)23-25(20-14-9-6-10-15-20)18-19-12-7-5-8-13-19/h5-10,12-15H,3-4,11,16-18H2,1-2H3,(H,23,26). The number of carbonyl (C=O) groups excluding carboxylic acids is 2. The molecule has 27 heavy (non-hydrogen) atoms. The SMILES string of the molecule is CCN(CC)C(=O)CCCC(=O)NN(Cc1ccccc1)c1ccccc1. The molecule has 0 spiro atoms. The van der Waals surface area contributed by atoms with E-state index in [1.807, 2.05) is 79.5 Å². The van der Waals surface area contributed by atoms with Crippen molar-refractivity contribution >= 4 is 17.5 Å². The molecule has 0 aromatic heterocycles. The lowest BCUT2D eigenvalue weighted by molar-refractivity contribution is -0.131. The van der Waals surface area contributed by atoms with Crippen LogP contribution in [0.1, 0.15) is 38.7 Å². The number of anilines is 1. The van der Waals surface area contributed by atoms with E-state index in [-0.39, 0.29) is 11.8 Å². The highest BCUT2D eigenvalue weighted by Gasteiger charge is 2.13. The van der Waals surface area contributed by atoms with Crippen LogP contribution in [0.3, 0.4) is 0 Å². The number of hydrazine groups is 1. The Morgan fingerprint density at radius 2 is 1.44 bits per heavy atom. The molecule has 0 aliphatic carbocycles. The molecular weight excluding hydrogens is 338 g/mol. The molecule has 0 saturated heterocycles. The average molecular weight is 367 g/mol. The smallest absolute Gasteiger partial charge is 0.238 e. The third-order valence-corrected chi connectivity index (χ3v) is 4.42. The van der Waals surface area contributed by atoms with E-state index in [9.17, 15) is 9.59 Å². The summed E-state index contributed by atoms with van der Waals surface area (Å²) < 4.78 is 0. The Morgan fingerprint density at radius 3 is 2.04 bits per heavy atom. The highest BCUT2D eigenvalue weighted by Crippen LogP contribution is 2.15. The van der Waals surface area contributed by atoms with Crippen LogP contribution in [0.5, 0.6) is 0 Å². The maximum Gasteiger partial charge on any atom is 0.238 e. The second-order valence-electron chi connectivity index (χ2n) is 6.36. The first-order chi connectivity index (χ1) is 13.1. The third kappa shape index (κ3) is 6.77. The summed E-state index contributed by atoms with van der Waals surface area (Å²) in [4.78, 5) is 26.3. The number of hydrogen-bond acceptors (Lipinski definition) is 3. The fourth-order valence-electron chi connectivity index (χ4n) is 2.91. The average Bonchev–Trinajstić information content (AvgIpc) is 2.70. The zero-order valence-corrected chi connectivity index (χ0v) is 16.2. The molecule has 2 aromatic rings. The summed E-state index contributed by atoms with van der Waals surface area (Å²) in [5, 5.41) is 1.85. The number of rotatable bonds is 10. The Bertz CT molecular complexity index is 700. The van der Waals surface area contributed by atoms with Crippen molar-refractivity contribution in [3.05, 3.63) is 66.2 Å². The molecule has 0 bridgehead atoms. The molecule has 0 fully saturated rings. The first-order valence-corrected chi connectivity index (χ1v) is 9.57. The van der Waals surface area contributed by atoms with E-state index in [4.69, 9.17) is 0 Å². The van der Waals surface area contributed by atoms with Crippen molar-refractivity contribution in [2.75, 3.05) is 18.1 Å². The van der Waals surface area contributed by atoms with Gasteiger partial charge in [-0.2, -0.15) is 0 Å². The summed E-state index contributed by atoms with van der Waals surface area (Å²) >= 11 is 0. The summed E-state index contributed by atoms with van der Waals surface area (Å²) in [5.41, 5.74) is 5.02. The molecule has 144 valence electrons. The predicted molar refractivity (Wildman–Crippen MR) is 109 cm³/mol. The van der Waals surface area contributed by atoms with E-state index >= 15 is 0 Å². The molecule has 0 unspecified atom stereocenters. The van der Waals surface area contributed by atoms with Gasteiger partial charge in [-0.05, 0) is 38.0 Å². The van der Waals surface area contributed by atoms with Gasteiger partial charge in [0, 0.05) is 25.9 Å². The van der Waals surface area contributed by atoms with Crippen LogP contribution >= 0.6 is 0 Å². The van der Waals surface area contributed by atoms with E-state index in [0.717, 1.165) is 11.3 Å². The van der Waals surface area contributed by atoms with Crippen molar-refractivity contribution in [3.63, 3.8) is 0 Å². The molecule has 0 atom stereocenters. The number of nitrogens with zero attached hydrogens (tertiary/aromatic N) is 2. The molecule has 0 heterocycles. The van der Waals surface area contributed by atoms with Gasteiger partial charge < -0.3 is 4.90 Å². The molecule has 5 heteroatoms. The van der Waals surface area contributed by atoms with Crippen LogP contribution < -0.4 is 10.4 Å². The highest BCUT2D eigenvalue weighted by atomic mass is 16.2. The van der Waals surface area contributed by atoms with Crippen molar-refractivity contribution in [2.45, 2.75) is 39.7 Å². The van der Waals surface area contributed by atoms with Gasteiger partial charge in [-0.1, -0.05) is 48.5 Å². The van der Waals surface area contributed by atoms with Gasteiger partial charge in [0.15, 0.2) is 0 Å². The number of amides is 2. The summed E-state index contributed by atoms with van der Waals surface area (Å²) in [7, 11) is 0. The monoisotopic (exact) mass is 367 g/mol. The van der Waals surface area contributed by atoms with E-state index in [2.05, 4.69) is 5.43 Å². The molecule has 0 aliphatic heterocycles. The fourth-order valence-corrected chi connectivity index (χ4v) is 2.91. The molecule has 0 aliphatic rings. The summed E-state index contributed by atoms with van der Waals surface area (Å²) in [6.45, 7) is 5.93. The minimum Gasteiger partial charge on any atom is -0.343 e. The largest absolute Gasteiger partial charge is 0.343 e. The summed E-state index contributed by atoms with van der Waals surface area (Å²) in [5.74, 6) is 0.0270. The molecule has 1 N–H and O–H groups in total.